The third-order valence-corrected chi connectivity index (χ3v) is 3.52. The zero-order valence-corrected chi connectivity index (χ0v) is 11.0. The highest BCUT2D eigenvalue weighted by atomic mass is 16.3. The van der Waals surface area contributed by atoms with Crippen LogP contribution in [0.2, 0.25) is 0 Å². The van der Waals surface area contributed by atoms with Crippen molar-refractivity contribution in [3.8, 4) is 11.1 Å². The maximum absolute atomic E-state index is 10.3. The van der Waals surface area contributed by atoms with Gasteiger partial charge in [-0.25, -0.2) is 0 Å². The Morgan fingerprint density at radius 1 is 0.944 bits per heavy atom. The largest absolute Gasteiger partial charge is 0.388 e. The van der Waals surface area contributed by atoms with Gasteiger partial charge in [0.25, 0.3) is 0 Å². The molecule has 1 heteroatoms. The molecule has 0 radical (unpaired) electrons. The number of aliphatic hydroxyl groups is 1. The third-order valence-electron chi connectivity index (χ3n) is 3.52. The van der Waals surface area contributed by atoms with Gasteiger partial charge in [-0.05, 0) is 28.7 Å². The van der Waals surface area contributed by atoms with Crippen LogP contribution in [0.4, 0.5) is 0 Å². The van der Waals surface area contributed by atoms with Crippen LogP contribution in [0.3, 0.4) is 0 Å². The second-order valence-corrected chi connectivity index (χ2v) is 4.82. The van der Waals surface area contributed by atoms with Gasteiger partial charge in [0.2, 0.25) is 0 Å². The number of hydrogen-bond acceptors (Lipinski definition) is 1. The SMILES string of the molecule is CCC(C)C(O)c1cccc(-c2ccccc2)c1. The number of rotatable bonds is 4. The molecule has 94 valence electrons. The van der Waals surface area contributed by atoms with Crippen molar-refractivity contribution >= 4 is 0 Å². The van der Waals surface area contributed by atoms with E-state index in [-0.39, 0.29) is 12.0 Å². The van der Waals surface area contributed by atoms with Crippen molar-refractivity contribution in [2.45, 2.75) is 26.4 Å². The van der Waals surface area contributed by atoms with E-state index in [0.29, 0.717) is 0 Å². The number of hydrogen-bond donors (Lipinski definition) is 1. The Morgan fingerprint density at radius 2 is 1.61 bits per heavy atom. The van der Waals surface area contributed by atoms with Gasteiger partial charge in [-0.3, -0.25) is 0 Å². The Labute approximate surface area is 109 Å². The average Bonchev–Trinajstić information content (AvgIpc) is 2.46. The molecule has 0 bridgehead atoms. The first kappa shape index (κ1) is 12.8. The van der Waals surface area contributed by atoms with Crippen LogP contribution in [0.25, 0.3) is 11.1 Å². The molecule has 0 heterocycles. The van der Waals surface area contributed by atoms with E-state index in [1.807, 2.05) is 30.3 Å². The summed E-state index contributed by atoms with van der Waals surface area (Å²) in [6.45, 7) is 4.19. The van der Waals surface area contributed by atoms with Crippen LogP contribution in [-0.2, 0) is 0 Å². The summed E-state index contributed by atoms with van der Waals surface area (Å²) in [7, 11) is 0. The first-order valence-corrected chi connectivity index (χ1v) is 6.55. The Morgan fingerprint density at radius 3 is 2.28 bits per heavy atom. The fourth-order valence-corrected chi connectivity index (χ4v) is 2.08. The molecular formula is C17H20O. The lowest BCUT2D eigenvalue weighted by Gasteiger charge is -2.18. The van der Waals surface area contributed by atoms with Gasteiger partial charge in [0.1, 0.15) is 0 Å². The smallest absolute Gasteiger partial charge is 0.0815 e. The van der Waals surface area contributed by atoms with Crippen LogP contribution >= 0.6 is 0 Å². The lowest BCUT2D eigenvalue weighted by molar-refractivity contribution is 0.115. The molecule has 0 fully saturated rings. The highest BCUT2D eigenvalue weighted by Gasteiger charge is 2.14. The zero-order chi connectivity index (χ0) is 13.0. The summed E-state index contributed by atoms with van der Waals surface area (Å²) in [6.07, 6.45) is 0.607. The first-order valence-electron chi connectivity index (χ1n) is 6.55. The molecule has 0 amide bonds. The monoisotopic (exact) mass is 240 g/mol. The summed E-state index contributed by atoms with van der Waals surface area (Å²) < 4.78 is 0. The van der Waals surface area contributed by atoms with Crippen LogP contribution in [-0.4, -0.2) is 5.11 Å². The molecule has 0 aliphatic rings. The van der Waals surface area contributed by atoms with Gasteiger partial charge < -0.3 is 5.11 Å². The van der Waals surface area contributed by atoms with Gasteiger partial charge in [0.05, 0.1) is 6.10 Å². The van der Waals surface area contributed by atoms with Crippen LogP contribution in [0, 0.1) is 5.92 Å². The average molecular weight is 240 g/mol. The summed E-state index contributed by atoms with van der Waals surface area (Å²) in [5, 5.41) is 10.3. The lowest BCUT2D eigenvalue weighted by atomic mass is 9.93. The molecule has 0 spiro atoms. The second kappa shape index (κ2) is 5.83. The summed E-state index contributed by atoms with van der Waals surface area (Å²) >= 11 is 0. The van der Waals surface area contributed by atoms with E-state index in [2.05, 4.69) is 38.1 Å². The van der Waals surface area contributed by atoms with E-state index in [1.165, 1.54) is 5.56 Å². The normalized spacial score (nSPS) is 14.2. The second-order valence-electron chi connectivity index (χ2n) is 4.82. The van der Waals surface area contributed by atoms with Gasteiger partial charge in [-0.15, -0.1) is 0 Å². The summed E-state index contributed by atoms with van der Waals surface area (Å²) in [5.74, 6) is 0.288. The fourth-order valence-electron chi connectivity index (χ4n) is 2.08. The lowest BCUT2D eigenvalue weighted by Crippen LogP contribution is -2.07. The topological polar surface area (TPSA) is 20.2 Å². The van der Waals surface area contributed by atoms with Gasteiger partial charge in [-0.2, -0.15) is 0 Å². The third kappa shape index (κ3) is 2.80. The van der Waals surface area contributed by atoms with E-state index in [9.17, 15) is 5.11 Å². The van der Waals surface area contributed by atoms with Crippen LogP contribution < -0.4 is 0 Å². The van der Waals surface area contributed by atoms with Crippen LogP contribution in [0.15, 0.2) is 54.6 Å². The van der Waals surface area contributed by atoms with Crippen molar-refractivity contribution in [2.24, 2.45) is 5.92 Å². The van der Waals surface area contributed by atoms with Crippen molar-refractivity contribution in [1.29, 1.82) is 0 Å². The molecule has 2 unspecified atom stereocenters. The standard InChI is InChI=1S/C17H20O/c1-3-13(2)17(18)16-11-7-10-15(12-16)14-8-5-4-6-9-14/h4-13,17-18H,3H2,1-2H3. The van der Waals surface area contributed by atoms with Crippen molar-refractivity contribution < 1.29 is 5.11 Å². The molecule has 0 aromatic heterocycles. The Balaban J connectivity index is 2.31. The molecule has 2 atom stereocenters. The first-order chi connectivity index (χ1) is 8.72. The number of benzene rings is 2. The molecule has 0 aliphatic carbocycles. The van der Waals surface area contributed by atoms with E-state index in [1.54, 1.807) is 0 Å². The van der Waals surface area contributed by atoms with Crippen molar-refractivity contribution in [1.82, 2.24) is 0 Å². The maximum Gasteiger partial charge on any atom is 0.0815 e. The van der Waals surface area contributed by atoms with Crippen LogP contribution in [0.1, 0.15) is 31.9 Å². The summed E-state index contributed by atoms with van der Waals surface area (Å²) in [4.78, 5) is 0. The Bertz CT molecular complexity index is 490. The predicted octanol–water partition coefficient (Wildman–Crippen LogP) is 4.43. The zero-order valence-electron chi connectivity index (χ0n) is 11.0. The minimum atomic E-state index is -0.376. The molecule has 2 rings (SSSR count). The van der Waals surface area contributed by atoms with E-state index >= 15 is 0 Å². The highest BCUT2D eigenvalue weighted by Crippen LogP contribution is 2.28. The fraction of sp³-hybridized carbons (Fsp3) is 0.294. The maximum atomic E-state index is 10.3. The molecule has 1 N–H and O–H groups in total. The Hall–Kier alpha value is -1.60. The molecule has 0 saturated heterocycles. The van der Waals surface area contributed by atoms with E-state index in [4.69, 9.17) is 0 Å². The van der Waals surface area contributed by atoms with Crippen molar-refractivity contribution in [2.75, 3.05) is 0 Å². The van der Waals surface area contributed by atoms with Crippen LogP contribution in [0.5, 0.6) is 0 Å². The molecule has 2 aromatic rings. The summed E-state index contributed by atoms with van der Waals surface area (Å²) in [5.41, 5.74) is 3.36. The van der Waals surface area contributed by atoms with Crippen molar-refractivity contribution in [3.05, 3.63) is 60.2 Å². The molecule has 2 aromatic carbocycles. The molecule has 0 aliphatic heterocycles. The van der Waals surface area contributed by atoms with Gasteiger partial charge in [-0.1, -0.05) is 68.8 Å². The molecule has 0 saturated carbocycles. The van der Waals surface area contributed by atoms with Gasteiger partial charge >= 0.3 is 0 Å². The highest BCUT2D eigenvalue weighted by molar-refractivity contribution is 5.64. The molecular weight excluding hydrogens is 220 g/mol. The van der Waals surface area contributed by atoms with E-state index in [0.717, 1.165) is 17.5 Å². The predicted molar refractivity (Wildman–Crippen MR) is 76.3 cm³/mol. The summed E-state index contributed by atoms with van der Waals surface area (Å²) in [6, 6.07) is 18.5. The van der Waals surface area contributed by atoms with Gasteiger partial charge in [0, 0.05) is 0 Å². The minimum absolute atomic E-state index is 0.288. The van der Waals surface area contributed by atoms with Crippen molar-refractivity contribution in [3.63, 3.8) is 0 Å². The Kier molecular flexibility index (Phi) is 4.16. The van der Waals surface area contributed by atoms with E-state index < -0.39 is 0 Å². The minimum Gasteiger partial charge on any atom is -0.388 e. The number of aliphatic hydroxyl groups excluding tert-OH is 1. The molecule has 1 nitrogen and oxygen atoms in total. The quantitative estimate of drug-likeness (QED) is 0.838. The molecule has 18 heavy (non-hydrogen) atoms. The van der Waals surface area contributed by atoms with Gasteiger partial charge in [0.15, 0.2) is 0 Å².